The van der Waals surface area contributed by atoms with Gasteiger partial charge in [0.25, 0.3) is 0 Å². The molecule has 2 aliphatic carbocycles. The second-order valence-electron chi connectivity index (χ2n) is 18.4. The van der Waals surface area contributed by atoms with Crippen molar-refractivity contribution >= 4 is 27.8 Å². The van der Waals surface area contributed by atoms with Crippen LogP contribution in [-0.2, 0) is 16.2 Å². The van der Waals surface area contributed by atoms with Crippen LogP contribution in [0.5, 0.6) is 0 Å². The summed E-state index contributed by atoms with van der Waals surface area (Å²) in [5.74, 6) is 0. The fraction of sp³-hybridized carbons (Fsp3) is 0.193. The van der Waals surface area contributed by atoms with Crippen LogP contribution in [0.2, 0.25) is 0 Å². The number of hydrogen-bond acceptors (Lipinski definition) is 1. The standard InChI is InChI=1S/C57H51N/c1-55(2)33-34-56(3,4)53-35-42(27-32-51(53)55)48-36-49-47-20-12-13-22-50(47)57(5,6)52(49)37-54(48)58(43-28-23-39(24-29-43)38-15-8-7-9-16-38)44-30-25-41(26-31-44)46-21-14-18-40-17-10-11-19-45(40)46/h7-32,35-37H,33-34H2,1-6H3. The zero-order valence-corrected chi connectivity index (χ0v) is 34.6. The van der Waals surface area contributed by atoms with Crippen molar-refractivity contribution in [3.8, 4) is 44.5 Å². The maximum Gasteiger partial charge on any atom is 0.0543 e. The summed E-state index contributed by atoms with van der Waals surface area (Å²) in [5, 5.41) is 2.53. The van der Waals surface area contributed by atoms with Gasteiger partial charge in [0.2, 0.25) is 0 Å². The topological polar surface area (TPSA) is 3.24 Å². The van der Waals surface area contributed by atoms with Crippen LogP contribution in [0.3, 0.4) is 0 Å². The smallest absolute Gasteiger partial charge is 0.0543 e. The molecule has 2 aliphatic rings. The van der Waals surface area contributed by atoms with Crippen molar-refractivity contribution in [2.75, 3.05) is 4.90 Å². The van der Waals surface area contributed by atoms with E-state index in [0.717, 1.165) is 11.4 Å². The van der Waals surface area contributed by atoms with Crippen molar-refractivity contribution in [3.05, 3.63) is 198 Å². The van der Waals surface area contributed by atoms with Crippen LogP contribution in [0.4, 0.5) is 17.1 Å². The van der Waals surface area contributed by atoms with Gasteiger partial charge < -0.3 is 4.90 Å². The molecule has 1 heteroatoms. The maximum atomic E-state index is 2.54. The first-order chi connectivity index (χ1) is 28.0. The predicted molar refractivity (Wildman–Crippen MR) is 248 cm³/mol. The van der Waals surface area contributed by atoms with Crippen molar-refractivity contribution in [1.82, 2.24) is 0 Å². The Bertz CT molecular complexity index is 2830. The van der Waals surface area contributed by atoms with E-state index in [4.69, 9.17) is 0 Å². The Morgan fingerprint density at radius 3 is 1.67 bits per heavy atom. The lowest BCUT2D eigenvalue weighted by Crippen LogP contribution is -2.33. The zero-order valence-electron chi connectivity index (χ0n) is 34.6. The van der Waals surface area contributed by atoms with Gasteiger partial charge in [0.05, 0.1) is 5.69 Å². The van der Waals surface area contributed by atoms with Gasteiger partial charge in [0, 0.05) is 22.4 Å². The summed E-state index contributed by atoms with van der Waals surface area (Å²) in [4.78, 5) is 2.50. The van der Waals surface area contributed by atoms with Gasteiger partial charge in [-0.05, 0) is 132 Å². The molecule has 1 nitrogen and oxygen atoms in total. The second kappa shape index (κ2) is 13.5. The molecule has 10 rings (SSSR count). The van der Waals surface area contributed by atoms with Crippen molar-refractivity contribution < 1.29 is 0 Å². The van der Waals surface area contributed by atoms with Crippen LogP contribution >= 0.6 is 0 Å². The minimum atomic E-state index is -0.151. The summed E-state index contributed by atoms with van der Waals surface area (Å²) in [5.41, 5.74) is 19.3. The molecule has 0 spiro atoms. The van der Waals surface area contributed by atoms with Crippen LogP contribution in [0.1, 0.15) is 76.6 Å². The van der Waals surface area contributed by atoms with Crippen LogP contribution in [0.25, 0.3) is 55.3 Å². The molecule has 0 fully saturated rings. The number of hydrogen-bond donors (Lipinski definition) is 0. The number of fused-ring (bicyclic) bond motifs is 5. The molecule has 0 aliphatic heterocycles. The largest absolute Gasteiger partial charge is 0.310 e. The first-order valence-corrected chi connectivity index (χ1v) is 21.0. The number of nitrogens with zero attached hydrogens (tertiary/aromatic N) is 1. The molecule has 0 N–H and O–H groups in total. The van der Waals surface area contributed by atoms with E-state index in [1.54, 1.807) is 0 Å². The maximum absolute atomic E-state index is 2.54. The third-order valence-electron chi connectivity index (χ3n) is 13.6. The highest BCUT2D eigenvalue weighted by molar-refractivity contribution is 5.98. The molecule has 0 amide bonds. The Morgan fingerprint density at radius 1 is 0.362 bits per heavy atom. The Labute approximate surface area is 344 Å². The molecule has 0 saturated heterocycles. The molecule has 0 heterocycles. The third kappa shape index (κ3) is 5.90. The van der Waals surface area contributed by atoms with Gasteiger partial charge >= 0.3 is 0 Å². The molecule has 284 valence electrons. The second-order valence-corrected chi connectivity index (χ2v) is 18.4. The summed E-state index contributed by atoms with van der Waals surface area (Å²) in [6.45, 7) is 14.5. The van der Waals surface area contributed by atoms with Crippen LogP contribution in [0, 0.1) is 0 Å². The average Bonchev–Trinajstić information content (AvgIpc) is 3.48. The van der Waals surface area contributed by atoms with E-state index in [0.29, 0.717) is 0 Å². The van der Waals surface area contributed by atoms with Gasteiger partial charge in [-0.3, -0.25) is 0 Å². The van der Waals surface area contributed by atoms with E-state index in [-0.39, 0.29) is 16.2 Å². The molecular weight excluding hydrogens is 699 g/mol. The highest BCUT2D eigenvalue weighted by Gasteiger charge is 2.39. The first kappa shape index (κ1) is 36.2. The van der Waals surface area contributed by atoms with Crippen molar-refractivity contribution in [3.63, 3.8) is 0 Å². The van der Waals surface area contributed by atoms with E-state index in [1.165, 1.54) is 96.1 Å². The third-order valence-corrected chi connectivity index (χ3v) is 13.6. The average molecular weight is 750 g/mol. The number of benzene rings is 8. The normalized spacial score (nSPS) is 15.7. The Morgan fingerprint density at radius 2 is 0.931 bits per heavy atom. The molecule has 8 aromatic carbocycles. The predicted octanol–water partition coefficient (Wildman–Crippen LogP) is 16.0. The Hall–Kier alpha value is -6.18. The van der Waals surface area contributed by atoms with E-state index >= 15 is 0 Å². The molecule has 58 heavy (non-hydrogen) atoms. The van der Waals surface area contributed by atoms with E-state index in [9.17, 15) is 0 Å². The highest BCUT2D eigenvalue weighted by atomic mass is 15.1. The van der Waals surface area contributed by atoms with Crippen LogP contribution < -0.4 is 4.90 Å². The van der Waals surface area contributed by atoms with Crippen LogP contribution in [0.15, 0.2) is 176 Å². The lowest BCUT2D eigenvalue weighted by atomic mass is 9.63. The number of anilines is 3. The summed E-state index contributed by atoms with van der Waals surface area (Å²) >= 11 is 0. The minimum Gasteiger partial charge on any atom is -0.310 e. The molecule has 0 bridgehead atoms. The van der Waals surface area contributed by atoms with E-state index < -0.39 is 0 Å². The summed E-state index contributed by atoms with van der Waals surface area (Å²) in [6, 6.07) is 65.8. The fourth-order valence-corrected chi connectivity index (χ4v) is 10.0. The van der Waals surface area contributed by atoms with E-state index in [1.807, 2.05) is 0 Å². The highest BCUT2D eigenvalue weighted by Crippen LogP contribution is 2.55. The summed E-state index contributed by atoms with van der Waals surface area (Å²) in [6.07, 6.45) is 2.38. The first-order valence-electron chi connectivity index (χ1n) is 21.0. The van der Waals surface area contributed by atoms with Crippen LogP contribution in [-0.4, -0.2) is 0 Å². The molecule has 0 aromatic heterocycles. The quantitative estimate of drug-likeness (QED) is 0.164. The number of rotatable bonds is 6. The Balaban J connectivity index is 1.21. The minimum absolute atomic E-state index is 0.0940. The lowest BCUT2D eigenvalue weighted by molar-refractivity contribution is 0.332. The molecule has 0 radical (unpaired) electrons. The van der Waals surface area contributed by atoms with E-state index in [2.05, 4.69) is 222 Å². The molecule has 0 atom stereocenters. The fourth-order valence-electron chi connectivity index (χ4n) is 10.0. The van der Waals surface area contributed by atoms with Gasteiger partial charge in [-0.25, -0.2) is 0 Å². The summed E-state index contributed by atoms with van der Waals surface area (Å²) in [7, 11) is 0. The SMILES string of the molecule is CC1(C)CCC(C)(C)c2cc(-c3cc4c(cc3N(c3ccc(-c5ccccc5)cc3)c3ccc(-c5cccc6ccccc56)cc3)C(C)(C)c3ccccc3-4)ccc21. The summed E-state index contributed by atoms with van der Waals surface area (Å²) < 4.78 is 0. The van der Waals surface area contributed by atoms with Gasteiger partial charge in [0.15, 0.2) is 0 Å². The zero-order chi connectivity index (χ0) is 39.8. The van der Waals surface area contributed by atoms with Gasteiger partial charge in [0.1, 0.15) is 0 Å². The molecule has 0 unspecified atom stereocenters. The Kier molecular flexibility index (Phi) is 8.39. The molecule has 8 aromatic rings. The lowest BCUT2D eigenvalue weighted by Gasteiger charge is -2.42. The monoisotopic (exact) mass is 749 g/mol. The molecule has 0 saturated carbocycles. The molecular formula is C57H51N. The van der Waals surface area contributed by atoms with Gasteiger partial charge in [-0.2, -0.15) is 0 Å². The van der Waals surface area contributed by atoms with Crippen molar-refractivity contribution in [1.29, 1.82) is 0 Å². The van der Waals surface area contributed by atoms with Crippen molar-refractivity contribution in [2.45, 2.75) is 70.6 Å². The van der Waals surface area contributed by atoms with Gasteiger partial charge in [-0.1, -0.05) is 181 Å². The van der Waals surface area contributed by atoms with Gasteiger partial charge in [-0.15, -0.1) is 0 Å². The van der Waals surface area contributed by atoms with Crippen molar-refractivity contribution in [2.24, 2.45) is 0 Å².